The first-order chi connectivity index (χ1) is 12.3. The second-order valence-electron chi connectivity index (χ2n) is 6.53. The quantitative estimate of drug-likeness (QED) is 0.832. The molecule has 0 aromatic heterocycles. The molecule has 1 atom stereocenters. The average molecular weight is 373 g/mol. The summed E-state index contributed by atoms with van der Waals surface area (Å²) in [5.74, 6) is -1.11. The van der Waals surface area contributed by atoms with Gasteiger partial charge < -0.3 is 20.1 Å². The van der Waals surface area contributed by atoms with Crippen LogP contribution < -0.4 is 10.2 Å². The monoisotopic (exact) mass is 373 g/mol. The third-order valence-corrected chi connectivity index (χ3v) is 4.67. The first kappa shape index (κ1) is 18.9. The lowest BCUT2D eigenvalue weighted by molar-refractivity contribution is -0.141. The topological polar surface area (TPSA) is 65.0 Å². The average Bonchev–Trinajstić information content (AvgIpc) is 2.61. The Kier molecular flexibility index (Phi) is 5.69. The molecule has 9 heteroatoms. The lowest BCUT2D eigenvalue weighted by Crippen LogP contribution is -2.50. The number of hydrogen-bond donors (Lipinski definition) is 2. The van der Waals surface area contributed by atoms with Gasteiger partial charge in [-0.05, 0) is 23.8 Å². The van der Waals surface area contributed by atoms with Crippen molar-refractivity contribution in [1.29, 1.82) is 0 Å². The van der Waals surface area contributed by atoms with Crippen LogP contribution in [0.25, 0.3) is 0 Å². The van der Waals surface area contributed by atoms with Crippen molar-refractivity contribution < 1.29 is 27.8 Å². The smallest absolute Gasteiger partial charge is 0.416 e. The molecule has 0 bridgehead atoms. The number of nitrogens with one attached hydrogen (secondary N) is 1. The van der Waals surface area contributed by atoms with Gasteiger partial charge in [0.25, 0.3) is 0 Å². The molecule has 2 heterocycles. The number of hydrogen-bond acceptors (Lipinski definition) is 5. The lowest BCUT2D eigenvalue weighted by Gasteiger charge is -2.35. The van der Waals surface area contributed by atoms with Crippen molar-refractivity contribution in [3.05, 3.63) is 29.3 Å². The Morgan fingerprint density at radius 3 is 2.62 bits per heavy atom. The highest BCUT2D eigenvalue weighted by atomic mass is 19.4. The fourth-order valence-corrected chi connectivity index (χ4v) is 3.34. The van der Waals surface area contributed by atoms with Crippen LogP contribution in [0.3, 0.4) is 0 Å². The van der Waals surface area contributed by atoms with E-state index in [-0.39, 0.29) is 25.4 Å². The summed E-state index contributed by atoms with van der Waals surface area (Å²) in [5, 5.41) is 12.6. The van der Waals surface area contributed by atoms with Gasteiger partial charge in [0.2, 0.25) is 0 Å². The molecule has 1 unspecified atom stereocenters. The first-order valence-electron chi connectivity index (χ1n) is 8.56. The Bertz CT molecular complexity index is 648. The molecule has 1 aromatic carbocycles. The summed E-state index contributed by atoms with van der Waals surface area (Å²) in [7, 11) is 0. The van der Waals surface area contributed by atoms with E-state index >= 15 is 0 Å². The van der Waals surface area contributed by atoms with Gasteiger partial charge in [-0.25, -0.2) is 4.79 Å². The van der Waals surface area contributed by atoms with Crippen LogP contribution in [0.4, 0.5) is 18.9 Å². The summed E-state index contributed by atoms with van der Waals surface area (Å²) in [5.41, 5.74) is 0.0591. The normalized spacial score (nSPS) is 22.4. The number of piperazine rings is 1. The number of nitrogens with zero attached hydrogens (tertiary/aromatic N) is 2. The predicted molar refractivity (Wildman–Crippen MR) is 89.2 cm³/mol. The highest BCUT2D eigenvalue weighted by Crippen LogP contribution is 2.34. The van der Waals surface area contributed by atoms with E-state index < -0.39 is 23.8 Å². The van der Waals surface area contributed by atoms with Crippen molar-refractivity contribution in [2.75, 3.05) is 50.8 Å². The minimum Gasteiger partial charge on any atom is -0.480 e. The third-order valence-electron chi connectivity index (χ3n) is 4.67. The Labute approximate surface area is 149 Å². The molecule has 0 spiro atoms. The zero-order valence-electron chi connectivity index (χ0n) is 14.3. The van der Waals surface area contributed by atoms with Crippen LogP contribution in [-0.2, 0) is 22.3 Å². The minimum absolute atomic E-state index is 0.0429. The standard InChI is InChI=1S/C17H22F3N3O3/c18-17(19,20)13-7-12(10-22-3-1-21-2-4-22)8-14(9-13)23-5-6-26-11-15(23)16(24)25/h7-9,15,21H,1-6,10-11H2,(H,24,25). The van der Waals surface area contributed by atoms with E-state index in [0.29, 0.717) is 12.1 Å². The molecule has 1 aromatic rings. The Balaban J connectivity index is 1.92. The van der Waals surface area contributed by atoms with Crippen molar-refractivity contribution in [3.63, 3.8) is 0 Å². The van der Waals surface area contributed by atoms with Crippen molar-refractivity contribution in [2.24, 2.45) is 0 Å². The number of morpholine rings is 1. The Morgan fingerprint density at radius 1 is 1.23 bits per heavy atom. The Hall–Kier alpha value is -1.84. The van der Waals surface area contributed by atoms with E-state index in [0.717, 1.165) is 38.3 Å². The van der Waals surface area contributed by atoms with Gasteiger partial charge in [-0.2, -0.15) is 13.2 Å². The molecule has 0 amide bonds. The summed E-state index contributed by atoms with van der Waals surface area (Å²) in [4.78, 5) is 15.0. The number of carboxylic acids is 1. The highest BCUT2D eigenvalue weighted by molar-refractivity contribution is 5.79. The van der Waals surface area contributed by atoms with Crippen molar-refractivity contribution in [3.8, 4) is 0 Å². The number of benzene rings is 1. The van der Waals surface area contributed by atoms with Gasteiger partial charge in [-0.1, -0.05) is 0 Å². The summed E-state index contributed by atoms with van der Waals surface area (Å²) >= 11 is 0. The number of anilines is 1. The van der Waals surface area contributed by atoms with E-state index in [1.165, 1.54) is 4.90 Å². The molecule has 2 saturated heterocycles. The molecule has 0 radical (unpaired) electrons. The Morgan fingerprint density at radius 2 is 1.96 bits per heavy atom. The maximum Gasteiger partial charge on any atom is 0.416 e. The van der Waals surface area contributed by atoms with Crippen molar-refractivity contribution in [2.45, 2.75) is 18.8 Å². The molecule has 3 rings (SSSR count). The number of carbonyl (C=O) groups is 1. The fraction of sp³-hybridized carbons (Fsp3) is 0.588. The summed E-state index contributed by atoms with van der Waals surface area (Å²) in [6.45, 7) is 4.02. The van der Waals surface area contributed by atoms with Crippen molar-refractivity contribution in [1.82, 2.24) is 10.2 Å². The number of rotatable bonds is 4. The van der Waals surface area contributed by atoms with Gasteiger partial charge in [-0.3, -0.25) is 4.90 Å². The molecule has 2 aliphatic rings. The third kappa shape index (κ3) is 4.46. The van der Waals surface area contributed by atoms with Gasteiger partial charge in [0, 0.05) is 45.0 Å². The van der Waals surface area contributed by atoms with E-state index in [1.54, 1.807) is 6.07 Å². The van der Waals surface area contributed by atoms with E-state index in [1.807, 2.05) is 0 Å². The summed E-state index contributed by atoms with van der Waals surface area (Å²) in [6, 6.07) is 2.86. The van der Waals surface area contributed by atoms with Crippen LogP contribution in [0, 0.1) is 0 Å². The fourth-order valence-electron chi connectivity index (χ4n) is 3.34. The zero-order chi connectivity index (χ0) is 18.7. The second kappa shape index (κ2) is 7.81. The number of carboxylic acid groups (broad SMARTS) is 1. The van der Waals surface area contributed by atoms with Gasteiger partial charge >= 0.3 is 12.1 Å². The summed E-state index contributed by atoms with van der Waals surface area (Å²) < 4.78 is 45.3. The zero-order valence-corrected chi connectivity index (χ0v) is 14.3. The lowest BCUT2D eigenvalue weighted by atomic mass is 10.1. The van der Waals surface area contributed by atoms with E-state index in [9.17, 15) is 23.1 Å². The first-order valence-corrected chi connectivity index (χ1v) is 8.56. The van der Waals surface area contributed by atoms with Crippen LogP contribution >= 0.6 is 0 Å². The number of aliphatic carboxylic acids is 1. The summed E-state index contributed by atoms with van der Waals surface area (Å²) in [6.07, 6.45) is -4.49. The van der Waals surface area contributed by atoms with Crippen LogP contribution in [0.2, 0.25) is 0 Å². The van der Waals surface area contributed by atoms with Crippen LogP contribution in [0.15, 0.2) is 18.2 Å². The van der Waals surface area contributed by atoms with E-state index in [2.05, 4.69) is 10.2 Å². The second-order valence-corrected chi connectivity index (χ2v) is 6.53. The van der Waals surface area contributed by atoms with Gasteiger partial charge in [0.1, 0.15) is 0 Å². The molecule has 2 fully saturated rings. The number of halogens is 3. The number of ether oxygens (including phenoxy) is 1. The molecular weight excluding hydrogens is 351 g/mol. The van der Waals surface area contributed by atoms with Gasteiger partial charge in [-0.15, -0.1) is 0 Å². The van der Waals surface area contributed by atoms with E-state index in [4.69, 9.17) is 4.74 Å². The van der Waals surface area contributed by atoms with Gasteiger partial charge in [0.05, 0.1) is 18.8 Å². The molecule has 2 N–H and O–H groups in total. The van der Waals surface area contributed by atoms with Crippen LogP contribution in [0.5, 0.6) is 0 Å². The molecule has 6 nitrogen and oxygen atoms in total. The maximum absolute atomic E-state index is 13.4. The van der Waals surface area contributed by atoms with Crippen LogP contribution in [-0.4, -0.2) is 68.0 Å². The molecule has 0 aliphatic carbocycles. The molecule has 0 saturated carbocycles. The largest absolute Gasteiger partial charge is 0.480 e. The van der Waals surface area contributed by atoms with Crippen LogP contribution in [0.1, 0.15) is 11.1 Å². The predicted octanol–water partition coefficient (Wildman–Crippen LogP) is 1.40. The van der Waals surface area contributed by atoms with Gasteiger partial charge in [0.15, 0.2) is 6.04 Å². The SMILES string of the molecule is O=C(O)C1COCCN1c1cc(CN2CCNCC2)cc(C(F)(F)F)c1. The molecule has 26 heavy (non-hydrogen) atoms. The number of alkyl halides is 3. The molecule has 2 aliphatic heterocycles. The highest BCUT2D eigenvalue weighted by Gasteiger charge is 2.34. The maximum atomic E-state index is 13.4. The molecular formula is C17H22F3N3O3. The molecule has 144 valence electrons. The minimum atomic E-state index is -4.49. The van der Waals surface area contributed by atoms with Crippen molar-refractivity contribution >= 4 is 11.7 Å².